The van der Waals surface area contributed by atoms with Gasteiger partial charge in [-0.3, -0.25) is 4.79 Å². The normalized spacial score (nSPS) is 10.9. The van der Waals surface area contributed by atoms with E-state index in [9.17, 15) is 4.79 Å². The molecule has 0 aliphatic carbocycles. The van der Waals surface area contributed by atoms with Crippen LogP contribution in [0.4, 0.5) is 5.69 Å². The number of halogens is 1. The fourth-order valence-corrected chi connectivity index (χ4v) is 4.27. The molecule has 0 spiro atoms. The number of nitrogens with zero attached hydrogens (tertiary/aromatic N) is 1. The van der Waals surface area contributed by atoms with Crippen LogP contribution in [0.1, 0.15) is 17.0 Å². The summed E-state index contributed by atoms with van der Waals surface area (Å²) in [6.45, 7) is 0. The molecule has 0 aliphatic rings. The molecule has 0 atom stereocenters. The minimum Gasteiger partial charge on any atom is -0.436 e. The molecule has 0 aliphatic heterocycles. The Morgan fingerprint density at radius 1 is 0.857 bits per heavy atom. The van der Waals surface area contributed by atoms with Gasteiger partial charge in [0.25, 0.3) is 0 Å². The molecule has 0 fully saturated rings. The monoisotopic (exact) mass is 497 g/mol. The van der Waals surface area contributed by atoms with E-state index in [4.69, 9.17) is 28.2 Å². The molecular weight excluding hydrogens is 478 g/mol. The average molecular weight is 498 g/mol. The smallest absolute Gasteiger partial charge is 0.238 e. The molecule has 2 N–H and O–H groups in total. The number of fused-ring (bicyclic) bond motifs is 1. The highest BCUT2D eigenvalue weighted by Crippen LogP contribution is 2.28. The molecule has 172 valence electrons. The van der Waals surface area contributed by atoms with E-state index in [0.717, 1.165) is 16.7 Å². The van der Waals surface area contributed by atoms with Gasteiger partial charge in [-0.05, 0) is 59.7 Å². The van der Waals surface area contributed by atoms with E-state index in [2.05, 4.69) is 15.6 Å². The van der Waals surface area contributed by atoms with Crippen LogP contribution in [0.2, 0.25) is 5.02 Å². The number of hydrogen-bond acceptors (Lipinski definition) is 4. The van der Waals surface area contributed by atoms with Crippen LogP contribution >= 0.6 is 23.8 Å². The topological polar surface area (TPSA) is 67.2 Å². The van der Waals surface area contributed by atoms with Crippen molar-refractivity contribution in [1.82, 2.24) is 10.3 Å². The molecule has 35 heavy (non-hydrogen) atoms. The van der Waals surface area contributed by atoms with E-state index < -0.39 is 5.92 Å². The Balaban J connectivity index is 1.33. The number of oxazole rings is 1. The Morgan fingerprint density at radius 3 is 2.23 bits per heavy atom. The summed E-state index contributed by atoms with van der Waals surface area (Å²) in [5, 5.41) is 6.73. The Bertz CT molecular complexity index is 1460. The lowest BCUT2D eigenvalue weighted by Crippen LogP contribution is -2.37. The Hall–Kier alpha value is -4.00. The molecule has 0 saturated heterocycles. The summed E-state index contributed by atoms with van der Waals surface area (Å²) in [6.07, 6.45) is 0. The molecule has 1 aromatic heterocycles. The third-order valence-electron chi connectivity index (χ3n) is 5.48. The molecule has 7 heteroatoms. The number of carbonyl (C=O) groups is 1. The van der Waals surface area contributed by atoms with Gasteiger partial charge in [0.1, 0.15) is 5.52 Å². The summed E-state index contributed by atoms with van der Waals surface area (Å²) >= 11 is 11.5. The van der Waals surface area contributed by atoms with E-state index >= 15 is 0 Å². The number of carbonyl (C=O) groups excluding carboxylic acids is 1. The summed E-state index contributed by atoms with van der Waals surface area (Å²) < 4.78 is 5.86. The number of thiocarbonyl (C=S) groups is 1. The SMILES string of the molecule is O=C(NC(=S)Nc1cccc(-c2nc3cc(Cl)ccc3o2)c1)C(c1ccccc1)c1ccccc1. The summed E-state index contributed by atoms with van der Waals surface area (Å²) in [6, 6.07) is 32.0. The van der Waals surface area contributed by atoms with Gasteiger partial charge >= 0.3 is 0 Å². The van der Waals surface area contributed by atoms with E-state index in [1.807, 2.05) is 84.9 Å². The maximum Gasteiger partial charge on any atom is 0.238 e. The van der Waals surface area contributed by atoms with E-state index in [0.29, 0.717) is 27.7 Å². The van der Waals surface area contributed by atoms with Gasteiger partial charge in [-0.25, -0.2) is 4.98 Å². The van der Waals surface area contributed by atoms with Gasteiger partial charge in [-0.1, -0.05) is 78.3 Å². The van der Waals surface area contributed by atoms with Crippen molar-refractivity contribution in [2.45, 2.75) is 5.92 Å². The van der Waals surface area contributed by atoms with Crippen LogP contribution in [-0.4, -0.2) is 16.0 Å². The van der Waals surface area contributed by atoms with Crippen LogP contribution < -0.4 is 10.6 Å². The third kappa shape index (κ3) is 5.24. The summed E-state index contributed by atoms with van der Waals surface area (Å²) in [7, 11) is 0. The fraction of sp³-hybridized carbons (Fsp3) is 0.0357. The first-order valence-corrected chi connectivity index (χ1v) is 11.7. The van der Waals surface area contributed by atoms with E-state index in [1.54, 1.807) is 18.2 Å². The first-order chi connectivity index (χ1) is 17.1. The lowest BCUT2D eigenvalue weighted by molar-refractivity contribution is -0.120. The van der Waals surface area contributed by atoms with Gasteiger partial charge in [-0.15, -0.1) is 0 Å². The van der Waals surface area contributed by atoms with Crippen molar-refractivity contribution in [2.24, 2.45) is 0 Å². The second-order valence-electron chi connectivity index (χ2n) is 7.91. The number of rotatable bonds is 5. The molecule has 0 bridgehead atoms. The predicted molar refractivity (Wildman–Crippen MR) is 144 cm³/mol. The molecule has 5 aromatic rings. The first kappa shape index (κ1) is 22.8. The number of amides is 1. The first-order valence-electron chi connectivity index (χ1n) is 10.9. The zero-order valence-corrected chi connectivity index (χ0v) is 20.0. The van der Waals surface area contributed by atoms with Crippen molar-refractivity contribution in [3.05, 3.63) is 119 Å². The zero-order chi connectivity index (χ0) is 24.2. The molecule has 0 unspecified atom stereocenters. The number of aromatic nitrogens is 1. The maximum absolute atomic E-state index is 13.3. The largest absolute Gasteiger partial charge is 0.436 e. The summed E-state index contributed by atoms with van der Waals surface area (Å²) in [5.74, 6) is -0.240. The van der Waals surface area contributed by atoms with Crippen molar-refractivity contribution in [3.63, 3.8) is 0 Å². The molecule has 5 rings (SSSR count). The lowest BCUT2D eigenvalue weighted by atomic mass is 9.90. The summed E-state index contributed by atoms with van der Waals surface area (Å²) in [5.41, 5.74) is 4.57. The van der Waals surface area contributed by atoms with Crippen LogP contribution in [0.15, 0.2) is 108 Å². The maximum atomic E-state index is 13.3. The van der Waals surface area contributed by atoms with Crippen molar-refractivity contribution >= 4 is 51.6 Å². The van der Waals surface area contributed by atoms with Crippen LogP contribution in [-0.2, 0) is 4.79 Å². The van der Waals surface area contributed by atoms with Gasteiger partial charge in [-0.2, -0.15) is 0 Å². The Kier molecular flexibility index (Phi) is 6.57. The van der Waals surface area contributed by atoms with Crippen molar-refractivity contribution in [3.8, 4) is 11.5 Å². The van der Waals surface area contributed by atoms with Crippen LogP contribution in [0.3, 0.4) is 0 Å². The van der Waals surface area contributed by atoms with E-state index in [-0.39, 0.29) is 11.0 Å². The molecule has 5 nitrogen and oxygen atoms in total. The molecule has 4 aromatic carbocycles. The standard InChI is InChI=1S/C28H20ClN3O2S/c29-21-14-15-24-23(17-21)31-27(34-24)20-12-7-13-22(16-20)30-28(35)32-26(33)25(18-8-3-1-4-9-18)19-10-5-2-6-11-19/h1-17,25H,(H2,30,32,33,35). The van der Waals surface area contributed by atoms with E-state index in [1.165, 1.54) is 0 Å². The molecule has 1 amide bonds. The van der Waals surface area contributed by atoms with Crippen LogP contribution in [0, 0.1) is 0 Å². The van der Waals surface area contributed by atoms with Gasteiger partial charge in [0.05, 0.1) is 5.92 Å². The molecular formula is C28H20ClN3O2S. The lowest BCUT2D eigenvalue weighted by Gasteiger charge is -2.18. The van der Waals surface area contributed by atoms with Gasteiger partial charge < -0.3 is 15.1 Å². The third-order valence-corrected chi connectivity index (χ3v) is 5.92. The van der Waals surface area contributed by atoms with Gasteiger partial charge in [0.15, 0.2) is 10.7 Å². The highest BCUT2D eigenvalue weighted by Gasteiger charge is 2.23. The number of hydrogen-bond donors (Lipinski definition) is 2. The fourth-order valence-electron chi connectivity index (χ4n) is 3.89. The van der Waals surface area contributed by atoms with Gasteiger partial charge in [0.2, 0.25) is 11.8 Å². The Labute approximate surface area is 212 Å². The van der Waals surface area contributed by atoms with Gasteiger partial charge in [0, 0.05) is 16.3 Å². The van der Waals surface area contributed by atoms with Crippen molar-refractivity contribution in [1.29, 1.82) is 0 Å². The van der Waals surface area contributed by atoms with Crippen LogP contribution in [0.5, 0.6) is 0 Å². The minimum atomic E-state index is -0.491. The number of nitrogens with one attached hydrogen (secondary N) is 2. The average Bonchev–Trinajstić information content (AvgIpc) is 3.29. The predicted octanol–water partition coefficient (Wildman–Crippen LogP) is 6.79. The van der Waals surface area contributed by atoms with Crippen molar-refractivity contribution < 1.29 is 9.21 Å². The zero-order valence-electron chi connectivity index (χ0n) is 18.4. The minimum absolute atomic E-state index is 0.202. The number of anilines is 1. The molecule has 0 saturated carbocycles. The molecule has 0 radical (unpaired) electrons. The highest BCUT2D eigenvalue weighted by molar-refractivity contribution is 7.80. The molecule has 1 heterocycles. The summed E-state index contributed by atoms with van der Waals surface area (Å²) in [4.78, 5) is 17.8. The highest BCUT2D eigenvalue weighted by atomic mass is 35.5. The Morgan fingerprint density at radius 2 is 1.54 bits per heavy atom. The number of benzene rings is 4. The van der Waals surface area contributed by atoms with Crippen LogP contribution in [0.25, 0.3) is 22.6 Å². The van der Waals surface area contributed by atoms with Crippen molar-refractivity contribution in [2.75, 3.05) is 5.32 Å². The second-order valence-corrected chi connectivity index (χ2v) is 8.75. The quantitative estimate of drug-likeness (QED) is 0.261. The second kappa shape index (κ2) is 10.1.